The molecule has 140 valence electrons. The van der Waals surface area contributed by atoms with E-state index in [1.807, 2.05) is 0 Å². The average molecular weight is 356 g/mol. The second-order valence-corrected chi connectivity index (χ2v) is 8.20. The molecular weight excluding hydrogens is 328 g/mol. The fourth-order valence-corrected chi connectivity index (χ4v) is 5.09. The van der Waals surface area contributed by atoms with Gasteiger partial charge in [-0.25, -0.2) is 0 Å². The summed E-state index contributed by atoms with van der Waals surface area (Å²) >= 11 is 0. The highest BCUT2D eigenvalue weighted by Gasteiger charge is 2.50. The van der Waals surface area contributed by atoms with Crippen molar-refractivity contribution in [1.82, 2.24) is 9.80 Å². The summed E-state index contributed by atoms with van der Waals surface area (Å²) in [5.41, 5.74) is 0.108. The Morgan fingerprint density at radius 2 is 1.88 bits per heavy atom. The number of benzene rings is 1. The van der Waals surface area contributed by atoms with Crippen molar-refractivity contribution in [3.8, 4) is 5.75 Å². The van der Waals surface area contributed by atoms with Crippen LogP contribution in [0.1, 0.15) is 61.7 Å². The third-order valence-corrected chi connectivity index (χ3v) is 6.52. The lowest BCUT2D eigenvalue weighted by Crippen LogP contribution is -2.54. The van der Waals surface area contributed by atoms with Crippen molar-refractivity contribution in [2.75, 3.05) is 19.6 Å². The van der Waals surface area contributed by atoms with Crippen LogP contribution >= 0.6 is 0 Å². The molecule has 1 atom stereocenters. The van der Waals surface area contributed by atoms with Crippen molar-refractivity contribution in [2.24, 2.45) is 5.41 Å². The minimum Gasteiger partial charge on any atom is -0.508 e. The monoisotopic (exact) mass is 356 g/mol. The molecule has 1 aliphatic carbocycles. The quantitative estimate of drug-likeness (QED) is 0.885. The minimum atomic E-state index is -0.387. The zero-order valence-electron chi connectivity index (χ0n) is 15.3. The standard InChI is InChI=1S/C21H28N2O3/c24-18-9-4-6-16(14-18)19(25)22-13-11-21(15-22)10-5-12-23(20(21)26)17-7-2-1-3-8-17/h4,6,9,14,17,24H,1-3,5,7-8,10-13,15H2/t21-/m0/s1. The molecule has 3 fully saturated rings. The fourth-order valence-electron chi connectivity index (χ4n) is 5.09. The molecule has 0 bridgehead atoms. The van der Waals surface area contributed by atoms with Gasteiger partial charge < -0.3 is 14.9 Å². The van der Waals surface area contributed by atoms with Gasteiger partial charge in [0.1, 0.15) is 5.75 Å². The zero-order chi connectivity index (χ0) is 18.1. The van der Waals surface area contributed by atoms with Crippen molar-refractivity contribution in [1.29, 1.82) is 0 Å². The van der Waals surface area contributed by atoms with Gasteiger partial charge in [-0.05, 0) is 50.3 Å². The number of piperidine rings is 1. The molecule has 5 heteroatoms. The predicted molar refractivity (Wildman–Crippen MR) is 98.9 cm³/mol. The maximum Gasteiger partial charge on any atom is 0.254 e. The largest absolute Gasteiger partial charge is 0.508 e. The van der Waals surface area contributed by atoms with Crippen molar-refractivity contribution in [3.05, 3.63) is 29.8 Å². The van der Waals surface area contributed by atoms with Crippen LogP contribution in [-0.4, -0.2) is 52.4 Å². The fraction of sp³-hybridized carbons (Fsp3) is 0.619. The van der Waals surface area contributed by atoms with Crippen molar-refractivity contribution < 1.29 is 14.7 Å². The Balaban J connectivity index is 1.49. The van der Waals surface area contributed by atoms with Crippen LogP contribution in [0.15, 0.2) is 24.3 Å². The molecule has 2 saturated heterocycles. The molecule has 1 spiro atoms. The molecular formula is C21H28N2O3. The van der Waals surface area contributed by atoms with E-state index in [4.69, 9.17) is 0 Å². The van der Waals surface area contributed by atoms with Gasteiger partial charge in [0.25, 0.3) is 5.91 Å². The second kappa shape index (κ2) is 6.93. The Morgan fingerprint density at radius 3 is 2.65 bits per heavy atom. The number of phenolic OH excluding ortho intramolecular Hbond substituents is 1. The highest BCUT2D eigenvalue weighted by molar-refractivity contribution is 5.96. The molecule has 26 heavy (non-hydrogen) atoms. The molecule has 1 N–H and O–H groups in total. The van der Waals surface area contributed by atoms with Crippen LogP contribution in [0.25, 0.3) is 0 Å². The molecule has 2 heterocycles. The van der Waals surface area contributed by atoms with Crippen molar-refractivity contribution in [3.63, 3.8) is 0 Å². The lowest BCUT2D eigenvalue weighted by Gasteiger charge is -2.44. The number of likely N-dealkylation sites (tertiary alicyclic amines) is 2. The number of hydrogen-bond donors (Lipinski definition) is 1. The number of hydrogen-bond acceptors (Lipinski definition) is 3. The summed E-state index contributed by atoms with van der Waals surface area (Å²) in [6.07, 6.45) is 8.69. The first kappa shape index (κ1) is 17.4. The summed E-state index contributed by atoms with van der Waals surface area (Å²) in [5.74, 6) is 0.296. The van der Waals surface area contributed by atoms with E-state index in [9.17, 15) is 14.7 Å². The van der Waals surface area contributed by atoms with E-state index in [0.29, 0.717) is 24.7 Å². The van der Waals surface area contributed by atoms with Gasteiger partial charge in [0.15, 0.2) is 0 Å². The van der Waals surface area contributed by atoms with E-state index < -0.39 is 0 Å². The highest BCUT2D eigenvalue weighted by atomic mass is 16.3. The summed E-state index contributed by atoms with van der Waals surface area (Å²) < 4.78 is 0. The van der Waals surface area contributed by atoms with Gasteiger partial charge in [-0.1, -0.05) is 25.3 Å². The Labute approximate surface area is 155 Å². The van der Waals surface area contributed by atoms with Crippen LogP contribution < -0.4 is 0 Å². The van der Waals surface area contributed by atoms with E-state index in [1.165, 1.54) is 25.3 Å². The van der Waals surface area contributed by atoms with Gasteiger partial charge in [-0.2, -0.15) is 0 Å². The van der Waals surface area contributed by atoms with E-state index in [-0.39, 0.29) is 23.0 Å². The van der Waals surface area contributed by atoms with Crippen molar-refractivity contribution >= 4 is 11.8 Å². The summed E-state index contributed by atoms with van der Waals surface area (Å²) in [7, 11) is 0. The van der Waals surface area contributed by atoms with Gasteiger partial charge in [0.2, 0.25) is 5.91 Å². The Hall–Kier alpha value is -2.04. The molecule has 1 aromatic carbocycles. The van der Waals surface area contributed by atoms with Gasteiger partial charge in [0.05, 0.1) is 5.41 Å². The molecule has 1 saturated carbocycles. The molecule has 5 nitrogen and oxygen atoms in total. The second-order valence-electron chi connectivity index (χ2n) is 8.20. The molecule has 0 aromatic heterocycles. The van der Waals surface area contributed by atoms with Gasteiger partial charge in [-0.15, -0.1) is 0 Å². The first-order valence-corrected chi connectivity index (χ1v) is 9.98. The van der Waals surface area contributed by atoms with Crippen LogP contribution in [0.2, 0.25) is 0 Å². The normalized spacial score (nSPS) is 27.3. The van der Waals surface area contributed by atoms with Crippen LogP contribution in [0.5, 0.6) is 5.75 Å². The predicted octanol–water partition coefficient (Wildman–Crippen LogP) is 3.18. The molecule has 0 unspecified atom stereocenters. The maximum atomic E-state index is 13.4. The molecule has 1 aromatic rings. The Morgan fingerprint density at radius 1 is 1.08 bits per heavy atom. The number of amides is 2. The number of carbonyl (C=O) groups is 2. The van der Waals surface area contributed by atoms with E-state index >= 15 is 0 Å². The smallest absolute Gasteiger partial charge is 0.254 e. The van der Waals surface area contributed by atoms with E-state index in [2.05, 4.69) is 4.90 Å². The van der Waals surface area contributed by atoms with Crippen LogP contribution in [-0.2, 0) is 4.79 Å². The van der Waals surface area contributed by atoms with Crippen molar-refractivity contribution in [2.45, 2.75) is 57.4 Å². The topological polar surface area (TPSA) is 60.9 Å². The number of phenols is 1. The Bertz CT molecular complexity index is 698. The number of rotatable bonds is 2. The lowest BCUT2D eigenvalue weighted by molar-refractivity contribution is -0.149. The molecule has 2 amide bonds. The molecule has 0 radical (unpaired) electrons. The summed E-state index contributed by atoms with van der Waals surface area (Å²) in [5, 5.41) is 9.64. The number of carbonyl (C=O) groups excluding carboxylic acids is 2. The van der Waals surface area contributed by atoms with Gasteiger partial charge in [0, 0.05) is 31.2 Å². The summed E-state index contributed by atoms with van der Waals surface area (Å²) in [4.78, 5) is 30.1. The third kappa shape index (κ3) is 3.08. The van der Waals surface area contributed by atoms with Gasteiger partial charge in [-0.3, -0.25) is 9.59 Å². The summed E-state index contributed by atoms with van der Waals surface area (Å²) in [6, 6.07) is 6.89. The SMILES string of the molecule is O=C(c1cccc(O)c1)N1CC[C@@]2(CCCN(C3CCCCC3)C2=O)C1. The lowest BCUT2D eigenvalue weighted by atomic mass is 9.77. The Kier molecular flexibility index (Phi) is 4.63. The highest BCUT2D eigenvalue weighted by Crippen LogP contribution is 2.42. The third-order valence-electron chi connectivity index (χ3n) is 6.52. The van der Waals surface area contributed by atoms with Gasteiger partial charge >= 0.3 is 0 Å². The average Bonchev–Trinajstić information content (AvgIpc) is 3.09. The first-order valence-electron chi connectivity index (χ1n) is 9.98. The molecule has 3 aliphatic rings. The van der Waals surface area contributed by atoms with E-state index in [0.717, 1.165) is 38.6 Å². The molecule has 2 aliphatic heterocycles. The van der Waals surface area contributed by atoms with Crippen LogP contribution in [0.4, 0.5) is 0 Å². The number of nitrogens with zero attached hydrogens (tertiary/aromatic N) is 2. The van der Waals surface area contributed by atoms with E-state index in [1.54, 1.807) is 23.1 Å². The first-order chi connectivity index (χ1) is 12.6. The van der Waals surface area contributed by atoms with Crippen LogP contribution in [0.3, 0.4) is 0 Å². The minimum absolute atomic E-state index is 0.0830. The summed E-state index contributed by atoms with van der Waals surface area (Å²) in [6.45, 7) is 2.02. The molecule has 4 rings (SSSR count). The van der Waals surface area contributed by atoms with Crippen LogP contribution in [0, 0.1) is 5.41 Å². The zero-order valence-corrected chi connectivity index (χ0v) is 15.3. The number of aromatic hydroxyl groups is 1. The maximum absolute atomic E-state index is 13.4.